The van der Waals surface area contributed by atoms with Crippen LogP contribution in [0, 0.1) is 16.7 Å². The summed E-state index contributed by atoms with van der Waals surface area (Å²) in [5.74, 6) is 1.45. The summed E-state index contributed by atoms with van der Waals surface area (Å²) in [5.41, 5.74) is 4.61. The molecule has 0 heterocycles. The predicted octanol–water partition coefficient (Wildman–Crippen LogP) is 9.41. The van der Waals surface area contributed by atoms with Crippen LogP contribution in [0.1, 0.15) is 89.8 Å². The van der Waals surface area contributed by atoms with Gasteiger partial charge in [0.2, 0.25) is 0 Å². The first-order valence-electron chi connectivity index (χ1n) is 13.1. The largest absolute Gasteiger partial charge is 0.0907 e. The van der Waals surface area contributed by atoms with Gasteiger partial charge in [0.05, 0.1) is 0 Å². The first kappa shape index (κ1) is 26.7. The van der Waals surface area contributed by atoms with Crippen LogP contribution in [-0.2, 0) is 0 Å². The van der Waals surface area contributed by atoms with Gasteiger partial charge in [0.25, 0.3) is 0 Å². The molecule has 3 rings (SSSR count). The summed E-state index contributed by atoms with van der Waals surface area (Å²) in [7, 11) is 0.892. The Kier molecular flexibility index (Phi) is 9.17. The van der Waals surface area contributed by atoms with Gasteiger partial charge >= 0.3 is 0 Å². The third-order valence-corrected chi connectivity index (χ3v) is 9.37. The molecule has 0 radical (unpaired) electrons. The maximum Gasteiger partial charge on any atom is 0.0146 e. The van der Waals surface area contributed by atoms with Crippen LogP contribution >= 0.6 is 8.58 Å². The van der Waals surface area contributed by atoms with Gasteiger partial charge in [0, 0.05) is 5.92 Å². The van der Waals surface area contributed by atoms with Gasteiger partial charge in [-0.05, 0) is 57.2 Å². The molecule has 0 saturated carbocycles. The minimum Gasteiger partial charge on any atom is -0.0907 e. The lowest BCUT2D eigenvalue weighted by Crippen LogP contribution is -2.35. The Hall–Kier alpha value is -1.91. The molecule has 182 valence electrons. The Morgan fingerprint density at radius 1 is 0.676 bits per heavy atom. The molecule has 0 saturated heterocycles. The van der Waals surface area contributed by atoms with Gasteiger partial charge in [-0.15, -0.1) is 0 Å². The molecular weight excluding hydrogens is 427 g/mol. The molecule has 0 amide bonds. The monoisotopic (exact) mass is 472 g/mol. The van der Waals surface area contributed by atoms with Crippen LogP contribution in [0.25, 0.3) is 0 Å². The molecule has 4 unspecified atom stereocenters. The molecule has 3 aromatic carbocycles. The Morgan fingerprint density at radius 2 is 1.18 bits per heavy atom. The third-order valence-electron chi connectivity index (χ3n) is 8.28. The molecule has 0 aliphatic carbocycles. The van der Waals surface area contributed by atoms with Crippen molar-refractivity contribution in [1.82, 2.24) is 0 Å². The molecule has 0 spiro atoms. The molecular formula is C33H45P. The highest BCUT2D eigenvalue weighted by atomic mass is 31.1. The van der Waals surface area contributed by atoms with Crippen LogP contribution in [0.2, 0.25) is 0 Å². The van der Waals surface area contributed by atoms with E-state index in [1.165, 1.54) is 41.0 Å². The summed E-state index contributed by atoms with van der Waals surface area (Å²) >= 11 is 0. The molecule has 1 heteroatoms. The second-order valence-electron chi connectivity index (χ2n) is 11.3. The van der Waals surface area contributed by atoms with Crippen LogP contribution < -0.4 is 5.30 Å². The molecule has 0 N–H and O–H groups in total. The Bertz CT molecular complexity index is 986. The van der Waals surface area contributed by atoms with Gasteiger partial charge in [0.15, 0.2) is 0 Å². The maximum absolute atomic E-state index is 2.51. The lowest BCUT2D eigenvalue weighted by Gasteiger charge is -2.46. The standard InChI is InChI=1S/C33H45P/c1-8-25(3)32(4,5)24-30(26-16-12-10-13-17-26)33(6,7)31(27-18-14-11-15-19-27)28-20-22-29(23-21-28)34-9-2/h10-23,25,30-31,34H,8-9,24H2,1-7H3. The van der Waals surface area contributed by atoms with Crippen molar-refractivity contribution in [2.45, 2.75) is 73.1 Å². The normalized spacial score (nSPS) is 15.4. The number of benzene rings is 3. The molecule has 0 aromatic heterocycles. The minimum atomic E-state index is 0.0298. The average molecular weight is 473 g/mol. The smallest absolute Gasteiger partial charge is 0.0146 e. The summed E-state index contributed by atoms with van der Waals surface area (Å²) in [6.07, 6.45) is 3.61. The third kappa shape index (κ3) is 6.20. The van der Waals surface area contributed by atoms with Crippen molar-refractivity contribution in [3.63, 3.8) is 0 Å². The lowest BCUT2D eigenvalue weighted by molar-refractivity contribution is 0.131. The average Bonchev–Trinajstić information content (AvgIpc) is 2.84. The van der Waals surface area contributed by atoms with Crippen LogP contribution in [0.15, 0.2) is 84.9 Å². The van der Waals surface area contributed by atoms with Crippen molar-refractivity contribution in [1.29, 1.82) is 0 Å². The van der Waals surface area contributed by atoms with E-state index in [1.54, 1.807) is 0 Å². The summed E-state index contributed by atoms with van der Waals surface area (Å²) < 4.78 is 0. The molecule has 0 fully saturated rings. The van der Waals surface area contributed by atoms with E-state index in [1.807, 2.05) is 0 Å². The molecule has 3 aromatic rings. The maximum atomic E-state index is 2.51. The van der Waals surface area contributed by atoms with Crippen LogP contribution in [0.4, 0.5) is 0 Å². The highest BCUT2D eigenvalue weighted by Crippen LogP contribution is 2.54. The second-order valence-corrected chi connectivity index (χ2v) is 12.9. The fourth-order valence-electron chi connectivity index (χ4n) is 5.67. The van der Waals surface area contributed by atoms with Gasteiger partial charge in [-0.3, -0.25) is 0 Å². The lowest BCUT2D eigenvalue weighted by atomic mass is 9.58. The van der Waals surface area contributed by atoms with Crippen molar-refractivity contribution >= 4 is 13.9 Å². The fourth-order valence-corrected chi connectivity index (χ4v) is 6.48. The van der Waals surface area contributed by atoms with Crippen LogP contribution in [0.5, 0.6) is 0 Å². The van der Waals surface area contributed by atoms with Gasteiger partial charge in [-0.25, -0.2) is 0 Å². The first-order chi connectivity index (χ1) is 16.2. The topological polar surface area (TPSA) is 0 Å². The van der Waals surface area contributed by atoms with Crippen molar-refractivity contribution in [2.75, 3.05) is 6.16 Å². The quantitative estimate of drug-likeness (QED) is 0.244. The molecule has 4 atom stereocenters. The molecule has 0 nitrogen and oxygen atoms in total. The van der Waals surface area contributed by atoms with Gasteiger partial charge in [0.1, 0.15) is 0 Å². The van der Waals surface area contributed by atoms with E-state index in [0.29, 0.717) is 17.8 Å². The minimum absolute atomic E-state index is 0.0298. The predicted molar refractivity (Wildman–Crippen MR) is 154 cm³/mol. The van der Waals surface area contributed by atoms with Crippen LogP contribution in [-0.4, -0.2) is 6.16 Å². The van der Waals surface area contributed by atoms with E-state index in [2.05, 4.69) is 133 Å². The number of hydrogen-bond acceptors (Lipinski definition) is 0. The van der Waals surface area contributed by atoms with Gasteiger partial charge in [-0.2, -0.15) is 0 Å². The van der Waals surface area contributed by atoms with E-state index < -0.39 is 0 Å². The van der Waals surface area contributed by atoms with Crippen molar-refractivity contribution < 1.29 is 0 Å². The highest BCUT2D eigenvalue weighted by molar-refractivity contribution is 7.47. The summed E-state index contributed by atoms with van der Waals surface area (Å²) in [6, 6.07) is 32.0. The van der Waals surface area contributed by atoms with E-state index in [9.17, 15) is 0 Å². The summed E-state index contributed by atoms with van der Waals surface area (Å²) in [6.45, 7) is 17.0. The second kappa shape index (κ2) is 11.7. The zero-order valence-electron chi connectivity index (χ0n) is 22.4. The van der Waals surface area contributed by atoms with E-state index in [0.717, 1.165) is 8.58 Å². The molecule has 0 aliphatic rings. The van der Waals surface area contributed by atoms with Crippen molar-refractivity contribution in [2.24, 2.45) is 16.7 Å². The molecule has 0 bridgehead atoms. The molecule has 34 heavy (non-hydrogen) atoms. The zero-order chi connectivity index (χ0) is 24.8. The van der Waals surface area contributed by atoms with E-state index >= 15 is 0 Å². The first-order valence-corrected chi connectivity index (χ1v) is 14.3. The SMILES string of the molecule is CCPc1ccc(C(c2ccccc2)C(C)(C)C(CC(C)(C)C(C)CC)c2ccccc2)cc1. The van der Waals surface area contributed by atoms with Gasteiger partial charge in [-0.1, -0.05) is 148 Å². The summed E-state index contributed by atoms with van der Waals surface area (Å²) in [5, 5.41) is 1.47. The Labute approximate surface area is 211 Å². The van der Waals surface area contributed by atoms with Crippen molar-refractivity contribution in [3.05, 3.63) is 102 Å². The van der Waals surface area contributed by atoms with Gasteiger partial charge < -0.3 is 0 Å². The van der Waals surface area contributed by atoms with Crippen LogP contribution in [0.3, 0.4) is 0 Å². The fraction of sp³-hybridized carbons (Fsp3) is 0.455. The van der Waals surface area contributed by atoms with E-state index in [-0.39, 0.29) is 10.8 Å². The number of rotatable bonds is 11. The zero-order valence-corrected chi connectivity index (χ0v) is 23.4. The Morgan fingerprint density at radius 3 is 1.68 bits per heavy atom. The molecule has 0 aliphatic heterocycles. The number of hydrogen-bond donors (Lipinski definition) is 0. The summed E-state index contributed by atoms with van der Waals surface area (Å²) in [4.78, 5) is 0. The van der Waals surface area contributed by atoms with E-state index in [4.69, 9.17) is 0 Å². The van der Waals surface area contributed by atoms with Crippen molar-refractivity contribution in [3.8, 4) is 0 Å². The Balaban J connectivity index is 2.13. The highest BCUT2D eigenvalue weighted by Gasteiger charge is 2.43.